The van der Waals surface area contributed by atoms with Gasteiger partial charge in [-0.3, -0.25) is 9.59 Å². The van der Waals surface area contributed by atoms with E-state index in [1.54, 1.807) is 6.07 Å². The van der Waals surface area contributed by atoms with E-state index in [0.29, 0.717) is 18.7 Å². The van der Waals surface area contributed by atoms with Crippen LogP contribution < -0.4 is 20.3 Å². The van der Waals surface area contributed by atoms with Crippen LogP contribution in [-0.4, -0.2) is 52.7 Å². The zero-order chi connectivity index (χ0) is 30.3. The first-order valence-electron chi connectivity index (χ1n) is 12.9. The number of halogens is 7. The second-order valence-corrected chi connectivity index (χ2v) is 11.3. The van der Waals surface area contributed by atoms with Gasteiger partial charge in [0, 0.05) is 29.3 Å². The summed E-state index contributed by atoms with van der Waals surface area (Å²) in [4.78, 5) is 31.7. The Hall–Kier alpha value is -3.22. The summed E-state index contributed by atoms with van der Waals surface area (Å²) in [5.41, 5.74) is -2.70. The van der Waals surface area contributed by atoms with Gasteiger partial charge in [0.25, 0.3) is 11.8 Å². The van der Waals surface area contributed by atoms with Gasteiger partial charge in [-0.1, -0.05) is 11.6 Å². The molecule has 2 saturated heterocycles. The number of fused-ring (bicyclic) bond motifs is 2. The van der Waals surface area contributed by atoms with Crippen molar-refractivity contribution >= 4 is 29.2 Å². The Bertz CT molecular complexity index is 1270. The first-order valence-corrected chi connectivity index (χ1v) is 13.3. The highest BCUT2D eigenvalue weighted by atomic mass is 35.5. The van der Waals surface area contributed by atoms with E-state index in [9.17, 15) is 35.9 Å². The van der Waals surface area contributed by atoms with Crippen molar-refractivity contribution in [3.05, 3.63) is 52.7 Å². The fourth-order valence-corrected chi connectivity index (χ4v) is 5.37. The topological polar surface area (TPSA) is 83.6 Å². The number of alkyl halides is 6. The van der Waals surface area contributed by atoms with Crippen molar-refractivity contribution in [3.63, 3.8) is 0 Å². The molecule has 2 aliphatic heterocycles. The summed E-state index contributed by atoms with van der Waals surface area (Å²) >= 11 is 5.73. The van der Waals surface area contributed by atoms with Gasteiger partial charge in [-0.15, -0.1) is 0 Å². The summed E-state index contributed by atoms with van der Waals surface area (Å²) in [5, 5.41) is 4.70. The lowest BCUT2D eigenvalue weighted by molar-refractivity contribution is -0.149. The van der Waals surface area contributed by atoms with E-state index < -0.39 is 47.1 Å². The van der Waals surface area contributed by atoms with Gasteiger partial charge in [0.2, 0.25) is 0 Å². The number of hydrogen-bond donors (Lipinski definition) is 2. The zero-order valence-electron chi connectivity index (χ0n) is 22.4. The lowest BCUT2D eigenvalue weighted by atomic mass is 9.96. The molecule has 3 heterocycles. The Kier molecular flexibility index (Phi) is 8.41. The maximum Gasteiger partial charge on any atom is 0.420 e. The van der Waals surface area contributed by atoms with E-state index in [-0.39, 0.29) is 28.7 Å². The maximum absolute atomic E-state index is 13.5. The Balaban J connectivity index is 1.39. The third-order valence-electron chi connectivity index (χ3n) is 7.34. The van der Waals surface area contributed by atoms with E-state index in [0.717, 1.165) is 31.9 Å². The van der Waals surface area contributed by atoms with Crippen LogP contribution in [0.3, 0.4) is 0 Å². The number of amides is 2. The summed E-state index contributed by atoms with van der Waals surface area (Å²) in [5.74, 6) is -1.40. The molecule has 2 amide bonds. The van der Waals surface area contributed by atoms with E-state index in [2.05, 4.69) is 15.2 Å². The lowest BCUT2D eigenvalue weighted by Gasteiger charge is -2.41. The molecule has 2 unspecified atom stereocenters. The van der Waals surface area contributed by atoms with Gasteiger partial charge in [-0.2, -0.15) is 26.3 Å². The van der Waals surface area contributed by atoms with Crippen molar-refractivity contribution in [3.8, 4) is 5.75 Å². The normalized spacial score (nSPS) is 21.8. The predicted octanol–water partition coefficient (Wildman–Crippen LogP) is 5.91. The Morgan fingerprint density at radius 3 is 2.22 bits per heavy atom. The van der Waals surface area contributed by atoms with Gasteiger partial charge < -0.3 is 20.3 Å². The fraction of sp³-hybridized carbons (Fsp3) is 0.519. The van der Waals surface area contributed by atoms with E-state index >= 15 is 0 Å². The molecular weight excluding hydrogens is 578 g/mol. The molecule has 2 aromatic rings. The molecular formula is C27H29ClF6N4O3. The summed E-state index contributed by atoms with van der Waals surface area (Å²) in [6.07, 6.45) is -5.36. The molecule has 0 aliphatic carbocycles. The zero-order valence-corrected chi connectivity index (χ0v) is 23.1. The average Bonchev–Trinajstić information content (AvgIpc) is 3.13. The molecule has 0 spiro atoms. The summed E-state index contributed by atoms with van der Waals surface area (Å²) in [6, 6.07) is 3.80. The van der Waals surface area contributed by atoms with Crippen LogP contribution in [0.4, 0.5) is 32.2 Å². The minimum absolute atomic E-state index is 0.00375. The molecule has 0 saturated carbocycles. The number of ether oxygens (including phenoxy) is 1. The Morgan fingerprint density at radius 2 is 1.68 bits per heavy atom. The van der Waals surface area contributed by atoms with Crippen LogP contribution in [0.15, 0.2) is 36.5 Å². The predicted molar refractivity (Wildman–Crippen MR) is 139 cm³/mol. The Labute approximate surface area is 237 Å². The number of piperidine rings is 1. The third kappa shape index (κ3) is 6.99. The molecule has 2 bridgehead atoms. The molecule has 1 aromatic heterocycles. The van der Waals surface area contributed by atoms with Crippen LogP contribution >= 0.6 is 11.6 Å². The molecule has 0 radical (unpaired) electrons. The van der Waals surface area contributed by atoms with Crippen LogP contribution in [0.2, 0.25) is 5.02 Å². The minimum atomic E-state index is -4.73. The summed E-state index contributed by atoms with van der Waals surface area (Å²) in [6.45, 7) is 3.63. The Morgan fingerprint density at radius 1 is 1.05 bits per heavy atom. The van der Waals surface area contributed by atoms with Gasteiger partial charge in [0.1, 0.15) is 17.6 Å². The van der Waals surface area contributed by atoms with Crippen molar-refractivity contribution < 1.29 is 40.7 Å². The van der Waals surface area contributed by atoms with Gasteiger partial charge in [-0.05, 0) is 76.8 Å². The molecule has 41 heavy (non-hydrogen) atoms. The number of nitrogens with one attached hydrogen (secondary N) is 2. The number of carbonyl (C=O) groups is 2. The molecule has 224 valence electrons. The van der Waals surface area contributed by atoms with Crippen molar-refractivity contribution in [1.82, 2.24) is 15.6 Å². The molecule has 7 nitrogen and oxygen atoms in total. The second-order valence-electron chi connectivity index (χ2n) is 10.8. The summed E-state index contributed by atoms with van der Waals surface area (Å²) < 4.78 is 84.3. The number of anilines is 1. The number of benzene rings is 1. The quantitative estimate of drug-likeness (QED) is 0.383. The number of pyridine rings is 1. The highest BCUT2D eigenvalue weighted by Gasteiger charge is 2.44. The first kappa shape index (κ1) is 30.7. The molecule has 1 aromatic carbocycles. The van der Waals surface area contributed by atoms with E-state index in [1.807, 2.05) is 5.32 Å². The molecule has 14 heteroatoms. The lowest BCUT2D eigenvalue weighted by Crippen LogP contribution is -2.55. The monoisotopic (exact) mass is 606 g/mol. The average molecular weight is 607 g/mol. The molecule has 2 N–H and O–H groups in total. The van der Waals surface area contributed by atoms with Gasteiger partial charge in [0.15, 0.2) is 5.60 Å². The van der Waals surface area contributed by atoms with Crippen LogP contribution in [0.25, 0.3) is 0 Å². The van der Waals surface area contributed by atoms with Gasteiger partial charge in [0.05, 0.1) is 11.1 Å². The van der Waals surface area contributed by atoms with Crippen LogP contribution in [0.5, 0.6) is 5.75 Å². The van der Waals surface area contributed by atoms with Gasteiger partial charge in [-0.25, -0.2) is 4.98 Å². The largest absolute Gasteiger partial charge is 0.477 e. The fourth-order valence-electron chi connectivity index (χ4n) is 5.20. The number of hydrogen-bond acceptors (Lipinski definition) is 5. The van der Waals surface area contributed by atoms with E-state index in [4.69, 9.17) is 16.3 Å². The number of aromatic nitrogens is 1. The van der Waals surface area contributed by atoms with E-state index in [1.165, 1.54) is 32.2 Å². The molecule has 2 fully saturated rings. The molecule has 3 atom stereocenters. The maximum atomic E-state index is 13.5. The molecule has 2 aliphatic rings. The summed E-state index contributed by atoms with van der Waals surface area (Å²) in [7, 11) is 0. The second kappa shape index (κ2) is 11.2. The van der Waals surface area contributed by atoms with Crippen LogP contribution in [0, 0.1) is 0 Å². The first-order chi connectivity index (χ1) is 19.0. The van der Waals surface area contributed by atoms with Crippen LogP contribution in [-0.2, 0) is 11.0 Å². The highest BCUT2D eigenvalue weighted by Crippen LogP contribution is 2.40. The minimum Gasteiger partial charge on any atom is -0.477 e. The molecule has 4 rings (SSSR count). The number of nitrogens with zero attached hydrogens (tertiary/aromatic N) is 2. The van der Waals surface area contributed by atoms with Crippen molar-refractivity contribution in [2.24, 2.45) is 0 Å². The van der Waals surface area contributed by atoms with Gasteiger partial charge >= 0.3 is 12.4 Å². The third-order valence-corrected chi connectivity index (χ3v) is 7.58. The SMILES string of the molecule is C[C@H](NC(=O)c1ccc(N2C3CCC2CC(NC(=O)C(C)(C)Oc2ccc(Cl)cc2C(F)(F)F)C3)nc1)C(F)(F)F. The number of rotatable bonds is 7. The number of carbonyl (C=O) groups excluding carboxylic acids is 2. The van der Waals surface area contributed by atoms with Crippen LogP contribution in [0.1, 0.15) is 62.4 Å². The van der Waals surface area contributed by atoms with Crippen molar-refractivity contribution in [1.29, 1.82) is 0 Å². The smallest absolute Gasteiger partial charge is 0.420 e. The van der Waals surface area contributed by atoms with Crippen molar-refractivity contribution in [2.75, 3.05) is 4.90 Å². The van der Waals surface area contributed by atoms with Crippen molar-refractivity contribution in [2.45, 2.75) is 88.6 Å². The standard InChI is InChI=1S/C27H29ClF6N4O3/c1-14(26(29,30)31)36-23(39)15-4-9-22(35-13-15)38-18-6-7-19(38)12-17(11-18)37-24(40)25(2,3)41-21-8-5-16(28)10-20(21)27(32,33)34/h4-5,8-10,13-14,17-19H,6-7,11-12H2,1-3H3,(H,36,39)(H,37,40)/t14-,17?,18?,19?/m0/s1. The highest BCUT2D eigenvalue weighted by molar-refractivity contribution is 6.30.